The highest BCUT2D eigenvalue weighted by Gasteiger charge is 2.28. The van der Waals surface area contributed by atoms with E-state index in [4.69, 9.17) is 24.8 Å². The van der Waals surface area contributed by atoms with E-state index in [0.29, 0.717) is 25.7 Å². The predicted octanol–water partition coefficient (Wildman–Crippen LogP) is 10.9. The van der Waals surface area contributed by atoms with E-state index in [2.05, 4.69) is 60.9 Å². The lowest BCUT2D eigenvalue weighted by Gasteiger charge is -2.20. The Kier molecular flexibility index (Phi) is 38.6. The molecule has 4 atom stereocenters. The van der Waals surface area contributed by atoms with Crippen molar-refractivity contribution in [3.05, 3.63) is 60.8 Å². The van der Waals surface area contributed by atoms with Crippen molar-refractivity contribution in [1.29, 1.82) is 0 Å². The molecule has 0 aromatic rings. The van der Waals surface area contributed by atoms with Crippen LogP contribution in [-0.4, -0.2) is 71.1 Å². The fourth-order valence-electron chi connectivity index (χ4n) is 5.77. The molecule has 0 rings (SSSR count). The van der Waals surface area contributed by atoms with Crippen LogP contribution < -0.4 is 5.73 Å². The normalized spacial score (nSPS) is 14.8. The Morgan fingerprint density at radius 1 is 0.593 bits per heavy atom. The van der Waals surface area contributed by atoms with Crippen molar-refractivity contribution in [2.75, 3.05) is 19.8 Å². The number of esters is 2. The summed E-state index contributed by atoms with van der Waals surface area (Å²) in [7, 11) is -4.74. The zero-order valence-electron chi connectivity index (χ0n) is 36.4. The van der Waals surface area contributed by atoms with Crippen LogP contribution in [0.2, 0.25) is 0 Å². The summed E-state index contributed by atoms with van der Waals surface area (Å²) in [5, 5.41) is 18.6. The van der Waals surface area contributed by atoms with Crippen molar-refractivity contribution in [1.82, 2.24) is 0 Å². The number of hydrogen-bond acceptors (Lipinski definition) is 10. The molecular weight excluding hydrogens is 773 g/mol. The number of carbonyl (C=O) groups excluding carboxylic acids is 2. The second-order valence-corrected chi connectivity index (χ2v) is 16.5. The van der Waals surface area contributed by atoms with Crippen LogP contribution >= 0.6 is 7.82 Å². The number of carboxylic acid groups (broad SMARTS) is 1. The van der Waals surface area contributed by atoms with Crippen molar-refractivity contribution in [2.24, 2.45) is 5.73 Å². The minimum Gasteiger partial charge on any atom is -0.480 e. The monoisotopic (exact) mass is 854 g/mol. The Labute approximate surface area is 356 Å². The van der Waals surface area contributed by atoms with E-state index in [0.717, 1.165) is 64.2 Å². The molecule has 0 radical (unpaired) electrons. The molecule has 2 unspecified atom stereocenters. The predicted molar refractivity (Wildman–Crippen MR) is 237 cm³/mol. The molecule has 0 heterocycles. The summed E-state index contributed by atoms with van der Waals surface area (Å²) in [6, 6.07) is -1.54. The number of allylic oxidation sites excluding steroid dienone is 9. The van der Waals surface area contributed by atoms with E-state index in [1.54, 1.807) is 0 Å². The number of aliphatic hydroxyl groups is 1. The second kappa shape index (κ2) is 40.5. The van der Waals surface area contributed by atoms with Gasteiger partial charge in [-0.1, -0.05) is 145 Å². The Morgan fingerprint density at radius 2 is 1.07 bits per heavy atom. The molecule has 0 spiro atoms. The van der Waals surface area contributed by atoms with Crippen LogP contribution in [0.4, 0.5) is 0 Å². The Hall–Kier alpha value is -2.86. The van der Waals surface area contributed by atoms with Crippen molar-refractivity contribution in [3.63, 3.8) is 0 Å². The molecule has 0 aliphatic heterocycles. The van der Waals surface area contributed by atoms with E-state index >= 15 is 0 Å². The zero-order chi connectivity index (χ0) is 43.7. The topological polar surface area (TPSA) is 192 Å². The van der Waals surface area contributed by atoms with E-state index in [1.165, 1.54) is 57.8 Å². The van der Waals surface area contributed by atoms with Crippen LogP contribution in [0.1, 0.15) is 174 Å². The molecule has 340 valence electrons. The van der Waals surface area contributed by atoms with Crippen LogP contribution in [0.15, 0.2) is 60.8 Å². The Bertz CT molecular complexity index is 1250. The van der Waals surface area contributed by atoms with Gasteiger partial charge < -0.3 is 30.3 Å². The number of aliphatic carboxylic acids is 1. The number of phosphoric acid groups is 1. The second-order valence-electron chi connectivity index (χ2n) is 15.0. The van der Waals surface area contributed by atoms with Gasteiger partial charge in [0.05, 0.1) is 19.3 Å². The molecule has 0 bridgehead atoms. The highest BCUT2D eigenvalue weighted by molar-refractivity contribution is 7.47. The number of phosphoric ester groups is 1. The number of hydrogen-bond donors (Lipinski definition) is 4. The molecule has 0 saturated heterocycles. The fraction of sp³-hybridized carbons (Fsp3) is 0.717. The number of carboxylic acids is 1. The average molecular weight is 854 g/mol. The lowest BCUT2D eigenvalue weighted by molar-refractivity contribution is -0.161. The molecule has 0 aliphatic rings. The third kappa shape index (κ3) is 40.3. The largest absolute Gasteiger partial charge is 0.480 e. The first kappa shape index (κ1) is 56.1. The molecule has 0 fully saturated rings. The molecule has 0 aromatic carbocycles. The van der Waals surface area contributed by atoms with Gasteiger partial charge in [0.2, 0.25) is 0 Å². The standard InChI is InChI=1S/C46H80NO11P/c1-3-5-6-7-8-9-10-11-12-13-14-17-21-24-27-30-33-37-45(50)58-42(39-56-59(53,54)57-40-43(47)46(51)52)38-55-44(49)36-32-29-26-23-20-18-15-16-19-22-25-28-31-35-41(48)34-4-2/h11-12,15,18-19,22-23,26,28,31,41-43,48H,3-10,13-14,16-17,20-21,24-25,27,29-30,32-40,47H2,1-2H3,(H,51,52)(H,53,54)/b12-11-,18-15-,22-19-,26-23-,31-28-/t41?,42-,43+/m1/s1. The number of aliphatic hydroxyl groups excluding tert-OH is 1. The minimum atomic E-state index is -4.74. The number of ether oxygens (including phenoxy) is 2. The van der Waals surface area contributed by atoms with Gasteiger partial charge in [-0.05, 0) is 77.0 Å². The van der Waals surface area contributed by atoms with E-state index in [9.17, 15) is 28.9 Å². The summed E-state index contributed by atoms with van der Waals surface area (Å²) < 4.78 is 32.6. The third-order valence-electron chi connectivity index (χ3n) is 9.29. The molecule has 59 heavy (non-hydrogen) atoms. The number of nitrogens with two attached hydrogens (primary N) is 1. The quantitative estimate of drug-likeness (QED) is 0.0197. The van der Waals surface area contributed by atoms with Crippen LogP contribution in [0, 0.1) is 0 Å². The van der Waals surface area contributed by atoms with Gasteiger partial charge in [-0.25, -0.2) is 4.57 Å². The molecule has 0 amide bonds. The highest BCUT2D eigenvalue weighted by Crippen LogP contribution is 2.43. The van der Waals surface area contributed by atoms with Crippen molar-refractivity contribution >= 4 is 25.7 Å². The summed E-state index contributed by atoms with van der Waals surface area (Å²) in [6.45, 7) is 2.53. The lowest BCUT2D eigenvalue weighted by atomic mass is 10.1. The number of unbranched alkanes of at least 4 members (excludes halogenated alkanes) is 14. The molecule has 13 heteroatoms. The maximum atomic E-state index is 12.6. The molecule has 5 N–H and O–H groups in total. The van der Waals surface area contributed by atoms with Crippen LogP contribution in [0.25, 0.3) is 0 Å². The average Bonchev–Trinajstić information content (AvgIpc) is 3.20. The maximum absolute atomic E-state index is 12.6. The summed E-state index contributed by atoms with van der Waals surface area (Å²) in [4.78, 5) is 46.0. The van der Waals surface area contributed by atoms with Gasteiger partial charge in [0.15, 0.2) is 6.10 Å². The molecule has 0 aromatic heterocycles. The Balaban J connectivity index is 4.47. The fourth-order valence-corrected chi connectivity index (χ4v) is 6.55. The van der Waals surface area contributed by atoms with Crippen LogP contribution in [0.3, 0.4) is 0 Å². The summed E-state index contributed by atoms with van der Waals surface area (Å²) in [5.74, 6) is -2.48. The summed E-state index contributed by atoms with van der Waals surface area (Å²) in [6.07, 6.45) is 43.5. The van der Waals surface area contributed by atoms with Gasteiger partial charge in [0, 0.05) is 12.8 Å². The van der Waals surface area contributed by atoms with E-state index < -0.39 is 51.1 Å². The lowest BCUT2D eigenvalue weighted by Crippen LogP contribution is -2.34. The molecular formula is C46H80NO11P. The minimum absolute atomic E-state index is 0.128. The molecule has 12 nitrogen and oxygen atoms in total. The van der Waals surface area contributed by atoms with Gasteiger partial charge in [0.1, 0.15) is 12.6 Å². The van der Waals surface area contributed by atoms with E-state index in [1.807, 2.05) is 18.2 Å². The van der Waals surface area contributed by atoms with Gasteiger partial charge >= 0.3 is 25.7 Å². The van der Waals surface area contributed by atoms with Crippen LogP contribution in [-0.2, 0) is 37.5 Å². The Morgan fingerprint density at radius 3 is 1.64 bits per heavy atom. The van der Waals surface area contributed by atoms with Crippen molar-refractivity contribution < 1.29 is 52.6 Å². The summed E-state index contributed by atoms with van der Waals surface area (Å²) in [5.41, 5.74) is 5.33. The van der Waals surface area contributed by atoms with Gasteiger partial charge in [-0.15, -0.1) is 0 Å². The van der Waals surface area contributed by atoms with Crippen LogP contribution in [0.5, 0.6) is 0 Å². The van der Waals surface area contributed by atoms with Gasteiger partial charge in [-0.3, -0.25) is 23.4 Å². The summed E-state index contributed by atoms with van der Waals surface area (Å²) >= 11 is 0. The highest BCUT2D eigenvalue weighted by atomic mass is 31.2. The first-order chi connectivity index (χ1) is 28.5. The molecule has 0 aliphatic carbocycles. The first-order valence-corrected chi connectivity index (χ1v) is 23.9. The molecule has 0 saturated carbocycles. The SMILES string of the molecule is CCCCCCCC/C=C\CCCCCCCCCC(=O)O[C@H](COC(=O)CCC/C=C\C/C=C\C/C=C\C/C=C\CC(O)CCC)COP(=O)(O)OC[C@H](N)C(=O)O. The first-order valence-electron chi connectivity index (χ1n) is 22.4. The zero-order valence-corrected chi connectivity index (χ0v) is 37.3. The third-order valence-corrected chi connectivity index (χ3v) is 10.2. The maximum Gasteiger partial charge on any atom is 0.472 e. The van der Waals surface area contributed by atoms with Crippen molar-refractivity contribution in [2.45, 2.75) is 193 Å². The smallest absolute Gasteiger partial charge is 0.472 e. The van der Waals surface area contributed by atoms with Crippen molar-refractivity contribution in [3.8, 4) is 0 Å². The van der Waals surface area contributed by atoms with Gasteiger partial charge in [0.25, 0.3) is 0 Å². The van der Waals surface area contributed by atoms with E-state index in [-0.39, 0.29) is 25.6 Å². The number of rotatable bonds is 41. The van der Waals surface area contributed by atoms with Gasteiger partial charge in [-0.2, -0.15) is 0 Å². The number of carbonyl (C=O) groups is 3.